The fraction of sp³-hybridized carbons (Fsp3) is 0.312. The van der Waals surface area contributed by atoms with Gasteiger partial charge >= 0.3 is 0 Å². The number of morpholine rings is 1. The summed E-state index contributed by atoms with van der Waals surface area (Å²) in [5, 5.41) is 14.7. The van der Waals surface area contributed by atoms with Crippen LogP contribution >= 0.6 is 0 Å². The summed E-state index contributed by atoms with van der Waals surface area (Å²) in [5.41, 5.74) is 1.43. The Morgan fingerprint density at radius 1 is 1.22 bits per heavy atom. The molecule has 1 heterocycles. The first-order valence-electron chi connectivity index (χ1n) is 7.21. The molecule has 23 heavy (non-hydrogen) atoms. The van der Waals surface area contributed by atoms with Gasteiger partial charge < -0.3 is 20.3 Å². The Hall–Kier alpha value is -2.85. The molecule has 0 radical (unpaired) electrons. The second-order valence-electron chi connectivity index (χ2n) is 4.98. The standard InChI is InChI=1S/C16H18N4O3/c1-12(21)19-15-4-2-14(3-5-15)18-11-13(10-17)16(22)20-6-8-23-9-7-20/h2-5,11,18H,6-9H2,1H3,(H,19,21)/b13-11-. The van der Waals surface area contributed by atoms with Crippen LogP contribution in [0.4, 0.5) is 11.4 Å². The van der Waals surface area contributed by atoms with Crippen LogP contribution in [0.1, 0.15) is 6.92 Å². The molecule has 7 heteroatoms. The van der Waals surface area contributed by atoms with Crippen molar-refractivity contribution in [3.63, 3.8) is 0 Å². The normalized spacial score (nSPS) is 14.8. The largest absolute Gasteiger partial charge is 0.378 e. The highest BCUT2D eigenvalue weighted by atomic mass is 16.5. The van der Waals surface area contributed by atoms with Crippen molar-refractivity contribution >= 4 is 23.2 Å². The molecule has 1 aromatic carbocycles. The second kappa shape index (κ2) is 7.96. The molecule has 0 atom stereocenters. The first-order valence-corrected chi connectivity index (χ1v) is 7.21. The number of benzene rings is 1. The van der Waals surface area contributed by atoms with E-state index in [2.05, 4.69) is 10.6 Å². The van der Waals surface area contributed by atoms with Crippen LogP contribution in [0.3, 0.4) is 0 Å². The van der Waals surface area contributed by atoms with Gasteiger partial charge in [0.05, 0.1) is 13.2 Å². The van der Waals surface area contributed by atoms with E-state index in [0.29, 0.717) is 37.7 Å². The van der Waals surface area contributed by atoms with Gasteiger partial charge in [0.15, 0.2) is 0 Å². The van der Waals surface area contributed by atoms with Gasteiger partial charge in [-0.15, -0.1) is 0 Å². The van der Waals surface area contributed by atoms with Crippen molar-refractivity contribution < 1.29 is 14.3 Å². The van der Waals surface area contributed by atoms with E-state index in [0.717, 1.165) is 0 Å². The summed E-state index contributed by atoms with van der Waals surface area (Å²) < 4.78 is 5.19. The van der Waals surface area contributed by atoms with Gasteiger partial charge in [0, 0.05) is 37.6 Å². The van der Waals surface area contributed by atoms with Gasteiger partial charge in [-0.2, -0.15) is 5.26 Å². The molecule has 0 bridgehead atoms. The zero-order valence-corrected chi connectivity index (χ0v) is 12.8. The lowest BCUT2D eigenvalue weighted by Crippen LogP contribution is -2.41. The van der Waals surface area contributed by atoms with Crippen molar-refractivity contribution in [3.05, 3.63) is 36.0 Å². The Bertz CT molecular complexity index is 640. The highest BCUT2D eigenvalue weighted by Crippen LogP contribution is 2.14. The van der Waals surface area contributed by atoms with Gasteiger partial charge in [-0.25, -0.2) is 0 Å². The number of carbonyl (C=O) groups excluding carboxylic acids is 2. The number of hydrogen-bond donors (Lipinski definition) is 2. The average Bonchev–Trinajstić information content (AvgIpc) is 2.57. The zero-order valence-electron chi connectivity index (χ0n) is 12.8. The molecule has 1 aromatic rings. The summed E-state index contributed by atoms with van der Waals surface area (Å²) in [4.78, 5) is 24.8. The Kier molecular flexibility index (Phi) is 5.72. The summed E-state index contributed by atoms with van der Waals surface area (Å²) in [5.74, 6) is -0.452. The van der Waals surface area contributed by atoms with Gasteiger partial charge in [-0.3, -0.25) is 9.59 Å². The van der Waals surface area contributed by atoms with E-state index >= 15 is 0 Å². The van der Waals surface area contributed by atoms with Crippen LogP contribution in [0, 0.1) is 11.3 Å². The lowest BCUT2D eigenvalue weighted by molar-refractivity contribution is -0.130. The topological polar surface area (TPSA) is 94.5 Å². The number of nitriles is 1. The third kappa shape index (κ3) is 4.83. The van der Waals surface area contributed by atoms with Gasteiger partial charge in [0.1, 0.15) is 11.6 Å². The summed E-state index contributed by atoms with van der Waals surface area (Å²) in [6.45, 7) is 3.39. The van der Waals surface area contributed by atoms with Crippen LogP contribution in [-0.4, -0.2) is 43.0 Å². The second-order valence-corrected chi connectivity index (χ2v) is 4.98. The highest BCUT2D eigenvalue weighted by Gasteiger charge is 2.20. The summed E-state index contributed by atoms with van der Waals surface area (Å²) in [7, 11) is 0. The minimum atomic E-state index is -0.307. The van der Waals surface area contributed by atoms with Gasteiger partial charge in [-0.05, 0) is 24.3 Å². The number of carbonyl (C=O) groups is 2. The first-order chi connectivity index (χ1) is 11.1. The lowest BCUT2D eigenvalue weighted by Gasteiger charge is -2.26. The third-order valence-electron chi connectivity index (χ3n) is 3.24. The van der Waals surface area contributed by atoms with E-state index in [1.54, 1.807) is 29.2 Å². The minimum Gasteiger partial charge on any atom is -0.378 e. The Morgan fingerprint density at radius 3 is 2.39 bits per heavy atom. The molecule has 0 unspecified atom stereocenters. The van der Waals surface area contributed by atoms with Crippen molar-refractivity contribution in [2.45, 2.75) is 6.92 Å². The molecular weight excluding hydrogens is 296 g/mol. The summed E-state index contributed by atoms with van der Waals surface area (Å²) in [6.07, 6.45) is 1.39. The Morgan fingerprint density at radius 2 is 1.83 bits per heavy atom. The van der Waals surface area contributed by atoms with Crippen LogP contribution in [0.5, 0.6) is 0 Å². The van der Waals surface area contributed by atoms with Crippen molar-refractivity contribution in [2.24, 2.45) is 0 Å². The number of nitrogens with zero attached hydrogens (tertiary/aromatic N) is 2. The fourth-order valence-electron chi connectivity index (χ4n) is 2.09. The van der Waals surface area contributed by atoms with E-state index in [1.165, 1.54) is 13.1 Å². The number of anilines is 2. The molecule has 120 valence electrons. The number of hydrogen-bond acceptors (Lipinski definition) is 5. The maximum atomic E-state index is 12.2. The van der Waals surface area contributed by atoms with E-state index in [-0.39, 0.29) is 17.4 Å². The van der Waals surface area contributed by atoms with Crippen LogP contribution in [0.15, 0.2) is 36.0 Å². The number of rotatable bonds is 4. The number of nitrogens with one attached hydrogen (secondary N) is 2. The predicted octanol–water partition coefficient (Wildman–Crippen LogP) is 1.32. The van der Waals surface area contributed by atoms with E-state index in [4.69, 9.17) is 10.00 Å². The van der Waals surface area contributed by atoms with Crippen LogP contribution in [-0.2, 0) is 14.3 Å². The van der Waals surface area contributed by atoms with Crippen LogP contribution in [0.25, 0.3) is 0 Å². The van der Waals surface area contributed by atoms with Crippen molar-refractivity contribution in [1.29, 1.82) is 5.26 Å². The van der Waals surface area contributed by atoms with Crippen molar-refractivity contribution in [3.8, 4) is 6.07 Å². The highest BCUT2D eigenvalue weighted by molar-refractivity contribution is 5.97. The van der Waals surface area contributed by atoms with Crippen molar-refractivity contribution in [2.75, 3.05) is 36.9 Å². The van der Waals surface area contributed by atoms with Gasteiger partial charge in [0.25, 0.3) is 5.91 Å². The zero-order chi connectivity index (χ0) is 16.7. The molecule has 2 amide bonds. The van der Waals surface area contributed by atoms with Crippen LogP contribution < -0.4 is 10.6 Å². The maximum absolute atomic E-state index is 12.2. The van der Waals surface area contributed by atoms with Gasteiger partial charge in [0.2, 0.25) is 5.91 Å². The maximum Gasteiger partial charge on any atom is 0.266 e. The van der Waals surface area contributed by atoms with Crippen molar-refractivity contribution in [1.82, 2.24) is 4.90 Å². The van der Waals surface area contributed by atoms with Crippen LogP contribution in [0.2, 0.25) is 0 Å². The lowest BCUT2D eigenvalue weighted by atomic mass is 10.2. The van der Waals surface area contributed by atoms with E-state index < -0.39 is 0 Å². The number of ether oxygens (including phenoxy) is 1. The molecule has 2 N–H and O–H groups in total. The molecule has 2 rings (SSSR count). The third-order valence-corrected chi connectivity index (χ3v) is 3.24. The molecule has 7 nitrogen and oxygen atoms in total. The molecule has 0 aromatic heterocycles. The molecule has 0 saturated carbocycles. The predicted molar refractivity (Wildman–Crippen MR) is 85.5 cm³/mol. The first kappa shape index (κ1) is 16.5. The molecule has 1 aliphatic rings. The monoisotopic (exact) mass is 314 g/mol. The van der Waals surface area contributed by atoms with Gasteiger partial charge in [-0.1, -0.05) is 0 Å². The average molecular weight is 314 g/mol. The summed E-state index contributed by atoms with van der Waals surface area (Å²) >= 11 is 0. The molecule has 0 aliphatic carbocycles. The van der Waals surface area contributed by atoms with E-state index in [1.807, 2.05) is 6.07 Å². The minimum absolute atomic E-state index is 0.0397. The smallest absolute Gasteiger partial charge is 0.266 e. The molecule has 1 aliphatic heterocycles. The molecule has 1 fully saturated rings. The fourth-order valence-corrected chi connectivity index (χ4v) is 2.09. The quantitative estimate of drug-likeness (QED) is 0.646. The molecule has 0 spiro atoms. The SMILES string of the molecule is CC(=O)Nc1ccc(N/C=C(/C#N)C(=O)N2CCOCC2)cc1. The Labute approximate surface area is 134 Å². The summed E-state index contributed by atoms with van der Waals surface area (Å²) in [6, 6.07) is 8.87. The molecule has 1 saturated heterocycles. The van der Waals surface area contributed by atoms with E-state index in [9.17, 15) is 9.59 Å². The Balaban J connectivity index is 2.00. The number of amides is 2. The molecular formula is C16H18N4O3.